The number of hydrogen-bond donors (Lipinski definition) is 0. The van der Waals surface area contributed by atoms with E-state index in [-0.39, 0.29) is 24.3 Å². The molecule has 1 saturated carbocycles. The highest BCUT2D eigenvalue weighted by Gasteiger charge is 2.41. The van der Waals surface area contributed by atoms with E-state index < -0.39 is 0 Å². The number of fused-ring (bicyclic) bond motifs is 2. The molecule has 0 spiro atoms. The maximum Gasteiger partial charge on any atom is 0.337 e. The van der Waals surface area contributed by atoms with Gasteiger partial charge in [-0.05, 0) is 105 Å². The highest BCUT2D eigenvalue weighted by Crippen LogP contribution is 2.43. The number of aromatic nitrogens is 2. The van der Waals surface area contributed by atoms with Gasteiger partial charge in [0, 0.05) is 49.3 Å². The van der Waals surface area contributed by atoms with E-state index in [1.807, 2.05) is 24.3 Å². The molecule has 0 bridgehead atoms. The van der Waals surface area contributed by atoms with Gasteiger partial charge in [-0.1, -0.05) is 29.4 Å². The lowest BCUT2D eigenvalue weighted by Crippen LogP contribution is -2.47. The molecule has 46 heavy (non-hydrogen) atoms. The molecule has 1 saturated heterocycles. The molecule has 0 amide bonds. The van der Waals surface area contributed by atoms with Crippen LogP contribution in [0.25, 0.3) is 0 Å². The summed E-state index contributed by atoms with van der Waals surface area (Å²) in [5.41, 5.74) is 3.86. The number of hydrogen-bond acceptors (Lipinski definition) is 9. The van der Waals surface area contributed by atoms with E-state index in [9.17, 15) is 4.79 Å². The van der Waals surface area contributed by atoms with E-state index in [1.54, 1.807) is 30.2 Å². The fourth-order valence-electron chi connectivity index (χ4n) is 6.91. The molecular weight excluding hydrogens is 622 g/mol. The van der Waals surface area contributed by atoms with Crippen molar-refractivity contribution in [3.63, 3.8) is 0 Å². The zero-order valence-electron chi connectivity index (χ0n) is 26.7. The molecule has 2 fully saturated rings. The molecule has 1 aliphatic carbocycles. The minimum Gasteiger partial charge on any atom is -0.487 e. The molecule has 246 valence electrons. The summed E-state index contributed by atoms with van der Waals surface area (Å²) < 4.78 is 24.5. The van der Waals surface area contributed by atoms with Crippen LogP contribution >= 0.6 is 23.4 Å². The van der Waals surface area contributed by atoms with Crippen LogP contribution in [0.2, 0.25) is 5.02 Å². The Hall–Kier alpha value is -2.85. The first-order valence-electron chi connectivity index (χ1n) is 16.5. The minimum absolute atomic E-state index is 0.107. The Morgan fingerprint density at radius 3 is 2.78 bits per heavy atom. The first-order valence-corrected chi connectivity index (χ1v) is 17.9. The molecule has 0 radical (unpaired) electrons. The topological polar surface area (TPSA) is 83.0 Å². The second-order valence-electron chi connectivity index (χ2n) is 12.6. The second kappa shape index (κ2) is 15.8. The van der Waals surface area contributed by atoms with Gasteiger partial charge >= 0.3 is 5.97 Å². The van der Waals surface area contributed by atoms with Gasteiger partial charge in [-0.2, -0.15) is 0 Å². The summed E-state index contributed by atoms with van der Waals surface area (Å²) in [5.74, 6) is 2.22. The van der Waals surface area contributed by atoms with E-state index in [0.29, 0.717) is 24.0 Å². The minimum atomic E-state index is -0.343. The van der Waals surface area contributed by atoms with Gasteiger partial charge in [0.05, 0.1) is 36.7 Å². The van der Waals surface area contributed by atoms with Gasteiger partial charge in [0.15, 0.2) is 5.16 Å². The van der Waals surface area contributed by atoms with E-state index in [0.717, 1.165) is 97.6 Å². The molecule has 3 aromatic rings. The molecular formula is C36H44ClN3O5S. The predicted octanol–water partition coefficient (Wildman–Crippen LogP) is 7.41. The normalized spacial score (nSPS) is 23.9. The van der Waals surface area contributed by atoms with Crippen LogP contribution in [0.5, 0.6) is 5.75 Å². The van der Waals surface area contributed by atoms with Gasteiger partial charge in [-0.15, -0.1) is 0 Å². The number of methoxy groups -OCH3 is 1. The molecule has 0 unspecified atom stereocenters. The van der Waals surface area contributed by atoms with Crippen molar-refractivity contribution in [1.82, 2.24) is 9.97 Å². The van der Waals surface area contributed by atoms with Crippen LogP contribution in [0.15, 0.2) is 60.0 Å². The number of benzene rings is 2. The van der Waals surface area contributed by atoms with Crippen LogP contribution < -0.4 is 9.64 Å². The zero-order chi connectivity index (χ0) is 31.9. The highest BCUT2D eigenvalue weighted by atomic mass is 35.5. The number of halogens is 1. The lowest BCUT2D eigenvalue weighted by molar-refractivity contribution is -0.126. The molecule has 10 heteroatoms. The predicted molar refractivity (Wildman–Crippen MR) is 181 cm³/mol. The maximum absolute atomic E-state index is 12.6. The Kier molecular flexibility index (Phi) is 11.4. The third-order valence-electron chi connectivity index (χ3n) is 9.49. The van der Waals surface area contributed by atoms with Crippen molar-refractivity contribution in [2.24, 2.45) is 11.8 Å². The van der Waals surface area contributed by atoms with Crippen LogP contribution in [-0.4, -0.2) is 66.8 Å². The number of esters is 1. The lowest BCUT2D eigenvalue weighted by Gasteiger charge is -2.46. The maximum atomic E-state index is 12.6. The van der Waals surface area contributed by atoms with Crippen molar-refractivity contribution in [2.75, 3.05) is 37.5 Å². The Bertz CT molecular complexity index is 1460. The van der Waals surface area contributed by atoms with Crippen LogP contribution in [0.4, 0.5) is 5.69 Å². The van der Waals surface area contributed by atoms with E-state index in [4.69, 9.17) is 30.5 Å². The van der Waals surface area contributed by atoms with Gasteiger partial charge in [0.25, 0.3) is 0 Å². The summed E-state index contributed by atoms with van der Waals surface area (Å²) >= 11 is 7.99. The fourth-order valence-corrected chi connectivity index (χ4v) is 7.84. The van der Waals surface area contributed by atoms with Gasteiger partial charge in [-0.25, -0.2) is 14.8 Å². The Labute approximate surface area is 281 Å². The number of anilines is 1. The quantitative estimate of drug-likeness (QED) is 0.132. The van der Waals surface area contributed by atoms with Crippen LogP contribution in [0.3, 0.4) is 0 Å². The Morgan fingerprint density at radius 2 is 1.98 bits per heavy atom. The first kappa shape index (κ1) is 33.1. The third-order valence-corrected chi connectivity index (χ3v) is 10.8. The average molecular weight is 666 g/mol. The monoisotopic (exact) mass is 665 g/mol. The number of carbonyl (C=O) groups is 1. The molecule has 3 aliphatic rings. The SMILES string of the molecule is COC(=O)c1ccc2c(c1)N(C[C@@H]1CC[C@H]1[C@H]1C[C@@H](O[C@@H](C)CSc3ncccn3)CCO1)CCCCc1cc(Cl)ccc1CO2. The molecule has 8 nitrogen and oxygen atoms in total. The number of ether oxygens (including phenoxy) is 4. The molecule has 6 rings (SSSR count). The third kappa shape index (κ3) is 8.35. The van der Waals surface area contributed by atoms with Crippen molar-refractivity contribution in [2.45, 2.75) is 81.9 Å². The number of rotatable bonds is 9. The summed E-state index contributed by atoms with van der Waals surface area (Å²) in [5, 5.41) is 1.54. The number of aryl methyl sites for hydroxylation is 1. The van der Waals surface area contributed by atoms with E-state index >= 15 is 0 Å². The largest absolute Gasteiger partial charge is 0.487 e. The second-order valence-corrected chi connectivity index (χ2v) is 14.0. The smallest absolute Gasteiger partial charge is 0.337 e. The molecule has 2 aromatic carbocycles. The zero-order valence-corrected chi connectivity index (χ0v) is 28.3. The molecule has 2 aliphatic heterocycles. The van der Waals surface area contributed by atoms with Crippen LogP contribution in [0.1, 0.15) is 66.9 Å². The van der Waals surface area contributed by atoms with Gasteiger partial charge in [-0.3, -0.25) is 0 Å². The summed E-state index contributed by atoms with van der Waals surface area (Å²) in [4.78, 5) is 23.6. The first-order chi connectivity index (χ1) is 22.5. The van der Waals surface area contributed by atoms with Gasteiger partial charge in [0.1, 0.15) is 12.4 Å². The number of thioether (sulfide) groups is 1. The Morgan fingerprint density at radius 1 is 1.11 bits per heavy atom. The van der Waals surface area contributed by atoms with Crippen molar-refractivity contribution < 1.29 is 23.7 Å². The summed E-state index contributed by atoms with van der Waals surface area (Å²) in [6.07, 6.45) is 11.2. The number of carbonyl (C=O) groups excluding carboxylic acids is 1. The van der Waals surface area contributed by atoms with Crippen molar-refractivity contribution in [1.29, 1.82) is 0 Å². The van der Waals surface area contributed by atoms with Gasteiger partial charge < -0.3 is 23.8 Å². The summed E-state index contributed by atoms with van der Waals surface area (Å²) in [6, 6.07) is 13.5. The average Bonchev–Trinajstić information content (AvgIpc) is 3.09. The van der Waals surface area contributed by atoms with Crippen molar-refractivity contribution >= 4 is 35.0 Å². The Balaban J connectivity index is 1.13. The number of nitrogens with zero attached hydrogens (tertiary/aromatic N) is 3. The van der Waals surface area contributed by atoms with E-state index in [1.165, 1.54) is 12.7 Å². The summed E-state index contributed by atoms with van der Waals surface area (Å²) in [7, 11) is 1.42. The lowest BCUT2D eigenvalue weighted by atomic mass is 9.68. The fraction of sp³-hybridized carbons (Fsp3) is 0.528. The van der Waals surface area contributed by atoms with Crippen LogP contribution in [-0.2, 0) is 27.2 Å². The molecule has 3 heterocycles. The van der Waals surface area contributed by atoms with Crippen LogP contribution in [0, 0.1) is 11.8 Å². The molecule has 1 aromatic heterocycles. The summed E-state index contributed by atoms with van der Waals surface area (Å²) in [6.45, 7) is 5.07. The molecule has 5 atom stereocenters. The molecule has 0 N–H and O–H groups in total. The standard InChI is InChI=1S/C36H44ClN3O5S/c1-24(23-46-36-38-14-5-15-39-36)45-30-13-17-43-34(20-30)31-11-8-27(31)21-40-16-4-3-6-25-18-29(37)10-7-28(25)22-44-33-12-9-26(19-32(33)40)35(41)42-2/h5,7,9-10,12,14-15,18-19,24,27,30-31,34H,3-4,6,8,11,13,16-17,20-23H2,1-2H3/t24-,27-,30-,31+,34+/m0/s1. The van der Waals surface area contributed by atoms with E-state index in [2.05, 4.69) is 33.9 Å². The van der Waals surface area contributed by atoms with Gasteiger partial charge in [0.2, 0.25) is 0 Å². The van der Waals surface area contributed by atoms with Crippen molar-refractivity contribution in [3.8, 4) is 5.75 Å². The van der Waals surface area contributed by atoms with Crippen molar-refractivity contribution in [3.05, 3.63) is 76.6 Å². The highest BCUT2D eigenvalue weighted by molar-refractivity contribution is 7.99.